The van der Waals surface area contributed by atoms with Crippen molar-refractivity contribution in [3.8, 4) is 0 Å². The van der Waals surface area contributed by atoms with E-state index in [1.807, 2.05) is 9.80 Å². The smallest absolute Gasteiger partial charge is 0.324 e. The van der Waals surface area contributed by atoms with Crippen molar-refractivity contribution >= 4 is 28.4 Å². The number of likely N-dealkylation sites (tertiary alicyclic amines) is 1. The fourth-order valence-corrected chi connectivity index (χ4v) is 4.45. The maximum absolute atomic E-state index is 13.2. The number of halogens is 1. The monoisotopic (exact) mass is 368 g/mol. The maximum Gasteiger partial charge on any atom is 0.324 e. The van der Waals surface area contributed by atoms with E-state index in [1.54, 1.807) is 6.92 Å². The summed E-state index contributed by atoms with van der Waals surface area (Å²) < 4.78 is 13.2. The van der Waals surface area contributed by atoms with E-state index in [9.17, 15) is 14.0 Å². The van der Waals surface area contributed by atoms with E-state index >= 15 is 0 Å². The Morgan fingerprint density at radius 2 is 1.84 bits per heavy atom. The molecular weight excluding hydrogens is 343 g/mol. The number of nitrogens with one attached hydrogen (secondary N) is 1. The zero-order valence-corrected chi connectivity index (χ0v) is 15.4. The summed E-state index contributed by atoms with van der Waals surface area (Å²) in [6, 6.07) is 0.137. The van der Waals surface area contributed by atoms with Crippen molar-refractivity contribution < 1.29 is 14.0 Å². The molecule has 2 aliphatic rings. The van der Waals surface area contributed by atoms with Crippen LogP contribution in [0.1, 0.15) is 51.9 Å². The molecule has 1 N–H and O–H groups in total. The molecule has 1 saturated heterocycles. The number of anilines is 1. The van der Waals surface area contributed by atoms with Crippen molar-refractivity contribution in [2.75, 3.05) is 18.4 Å². The fourth-order valence-electron chi connectivity index (χ4n) is 3.92. The summed E-state index contributed by atoms with van der Waals surface area (Å²) >= 11 is 0.842. The van der Waals surface area contributed by atoms with Crippen LogP contribution in [0.5, 0.6) is 0 Å². The topological polar surface area (TPSA) is 65.5 Å². The van der Waals surface area contributed by atoms with E-state index in [2.05, 4.69) is 10.3 Å². The fraction of sp³-hybridized carbons (Fsp3) is 0.706. The van der Waals surface area contributed by atoms with E-state index in [1.165, 1.54) is 6.42 Å². The summed E-state index contributed by atoms with van der Waals surface area (Å²) in [5.74, 6) is 0.0883. The Morgan fingerprint density at radius 1 is 1.20 bits per heavy atom. The number of urea groups is 1. The standard InChI is InChI=1S/C17H25FN4O2S/c1-12(23)21-9-7-14(8-10-21)22(13-5-3-2-4-6-13)17(24)20-16-19-11-15(18)25-16/h11,13-14H,2-10H2,1H3,(H,19,20,24). The molecular formula is C17H25FN4O2S. The quantitative estimate of drug-likeness (QED) is 0.888. The highest BCUT2D eigenvalue weighted by Gasteiger charge is 2.34. The van der Waals surface area contributed by atoms with Crippen molar-refractivity contribution in [1.29, 1.82) is 0 Å². The van der Waals surface area contributed by atoms with Crippen LogP contribution in [0.25, 0.3) is 0 Å². The first-order valence-corrected chi connectivity index (χ1v) is 9.82. The summed E-state index contributed by atoms with van der Waals surface area (Å²) in [5, 5.41) is 2.65. The number of aromatic nitrogens is 1. The Hall–Kier alpha value is -1.70. The summed E-state index contributed by atoms with van der Waals surface area (Å²) in [4.78, 5) is 32.1. The van der Waals surface area contributed by atoms with Crippen molar-refractivity contribution in [1.82, 2.24) is 14.8 Å². The van der Waals surface area contributed by atoms with Gasteiger partial charge in [-0.15, -0.1) is 0 Å². The Bertz CT molecular complexity index is 610. The molecule has 2 heterocycles. The first kappa shape index (κ1) is 18.1. The number of piperidine rings is 1. The molecule has 138 valence electrons. The largest absolute Gasteiger partial charge is 0.343 e. The molecule has 25 heavy (non-hydrogen) atoms. The Morgan fingerprint density at radius 3 is 2.40 bits per heavy atom. The highest BCUT2D eigenvalue weighted by atomic mass is 32.1. The van der Waals surface area contributed by atoms with Gasteiger partial charge in [-0.3, -0.25) is 10.1 Å². The third-order valence-corrected chi connectivity index (χ3v) is 5.90. The summed E-state index contributed by atoms with van der Waals surface area (Å²) in [6.45, 7) is 2.95. The lowest BCUT2D eigenvalue weighted by atomic mass is 9.91. The van der Waals surface area contributed by atoms with Crippen LogP contribution in [-0.4, -0.2) is 51.9 Å². The molecule has 0 unspecified atom stereocenters. The number of carbonyl (C=O) groups excluding carboxylic acids is 2. The van der Waals surface area contributed by atoms with Gasteiger partial charge in [-0.05, 0) is 25.7 Å². The number of carbonyl (C=O) groups is 2. The van der Waals surface area contributed by atoms with Crippen molar-refractivity contribution in [2.24, 2.45) is 0 Å². The molecule has 1 saturated carbocycles. The van der Waals surface area contributed by atoms with Crippen molar-refractivity contribution in [2.45, 2.75) is 64.0 Å². The van der Waals surface area contributed by atoms with Crippen LogP contribution in [-0.2, 0) is 4.79 Å². The number of hydrogen-bond acceptors (Lipinski definition) is 4. The van der Waals surface area contributed by atoms with Gasteiger partial charge in [0.05, 0.1) is 6.20 Å². The first-order chi connectivity index (χ1) is 12.0. The zero-order valence-electron chi connectivity index (χ0n) is 14.5. The van der Waals surface area contributed by atoms with E-state index in [-0.39, 0.29) is 24.0 Å². The molecule has 0 radical (unpaired) electrons. The molecule has 1 aliphatic carbocycles. The minimum atomic E-state index is -0.408. The van der Waals surface area contributed by atoms with Crippen LogP contribution in [0.2, 0.25) is 0 Å². The van der Waals surface area contributed by atoms with Crippen LogP contribution in [0.15, 0.2) is 6.20 Å². The predicted octanol–water partition coefficient (Wildman–Crippen LogP) is 3.46. The van der Waals surface area contributed by atoms with Gasteiger partial charge in [0.1, 0.15) is 0 Å². The Labute approximate surface area is 151 Å². The number of nitrogens with zero attached hydrogens (tertiary/aromatic N) is 3. The molecule has 0 bridgehead atoms. The van der Waals surface area contributed by atoms with E-state index in [0.29, 0.717) is 18.2 Å². The number of hydrogen-bond donors (Lipinski definition) is 1. The van der Waals surface area contributed by atoms with Crippen LogP contribution >= 0.6 is 11.3 Å². The normalized spacial score (nSPS) is 19.7. The second-order valence-electron chi connectivity index (χ2n) is 6.84. The summed E-state index contributed by atoms with van der Waals surface area (Å²) in [5.41, 5.74) is 0. The molecule has 2 fully saturated rings. The van der Waals surface area contributed by atoms with E-state index in [4.69, 9.17) is 0 Å². The molecule has 1 aromatic rings. The Kier molecular flexibility index (Phi) is 5.88. The lowest BCUT2D eigenvalue weighted by Gasteiger charge is -2.43. The summed E-state index contributed by atoms with van der Waals surface area (Å²) in [6.07, 6.45) is 8.19. The van der Waals surface area contributed by atoms with Gasteiger partial charge in [-0.1, -0.05) is 30.6 Å². The van der Waals surface area contributed by atoms with Crippen LogP contribution < -0.4 is 5.32 Å². The molecule has 0 atom stereocenters. The minimum absolute atomic E-state index is 0.0883. The molecule has 3 amide bonds. The Balaban J connectivity index is 1.70. The van der Waals surface area contributed by atoms with Crippen LogP contribution in [0.3, 0.4) is 0 Å². The van der Waals surface area contributed by atoms with Gasteiger partial charge in [0, 0.05) is 32.1 Å². The van der Waals surface area contributed by atoms with Gasteiger partial charge >= 0.3 is 6.03 Å². The molecule has 0 aromatic carbocycles. The average molecular weight is 368 g/mol. The van der Waals surface area contributed by atoms with E-state index in [0.717, 1.165) is 56.1 Å². The highest BCUT2D eigenvalue weighted by Crippen LogP contribution is 2.29. The van der Waals surface area contributed by atoms with Gasteiger partial charge in [-0.25, -0.2) is 9.78 Å². The number of amides is 3. The molecule has 1 aromatic heterocycles. The van der Waals surface area contributed by atoms with Crippen molar-refractivity contribution in [3.05, 3.63) is 11.3 Å². The third kappa shape index (κ3) is 4.48. The number of rotatable bonds is 3. The predicted molar refractivity (Wildman–Crippen MR) is 95.1 cm³/mol. The van der Waals surface area contributed by atoms with Crippen LogP contribution in [0, 0.1) is 5.13 Å². The van der Waals surface area contributed by atoms with Gasteiger partial charge < -0.3 is 9.80 Å². The third-order valence-electron chi connectivity index (χ3n) is 5.20. The molecule has 8 heteroatoms. The first-order valence-electron chi connectivity index (χ1n) is 9.01. The van der Waals surface area contributed by atoms with Gasteiger partial charge in [0.25, 0.3) is 0 Å². The molecule has 3 rings (SSSR count). The lowest BCUT2D eigenvalue weighted by molar-refractivity contribution is -0.130. The molecule has 0 spiro atoms. The van der Waals surface area contributed by atoms with E-state index < -0.39 is 5.13 Å². The second-order valence-corrected chi connectivity index (χ2v) is 7.82. The van der Waals surface area contributed by atoms with Crippen molar-refractivity contribution in [3.63, 3.8) is 0 Å². The summed E-state index contributed by atoms with van der Waals surface area (Å²) in [7, 11) is 0. The lowest BCUT2D eigenvalue weighted by Crippen LogP contribution is -2.54. The zero-order chi connectivity index (χ0) is 17.8. The van der Waals surface area contributed by atoms with Gasteiger partial charge in [-0.2, -0.15) is 4.39 Å². The van der Waals surface area contributed by atoms with Gasteiger partial charge in [0.15, 0.2) is 10.3 Å². The van der Waals surface area contributed by atoms with Crippen LogP contribution in [0.4, 0.5) is 14.3 Å². The molecule has 6 nitrogen and oxygen atoms in total. The second kappa shape index (κ2) is 8.12. The van der Waals surface area contributed by atoms with Gasteiger partial charge in [0.2, 0.25) is 5.91 Å². The maximum atomic E-state index is 13.2. The minimum Gasteiger partial charge on any atom is -0.343 e. The number of thiazole rings is 1. The SMILES string of the molecule is CC(=O)N1CCC(N(C(=O)Nc2ncc(F)s2)C2CCCCC2)CC1. The highest BCUT2D eigenvalue weighted by molar-refractivity contribution is 7.14. The molecule has 1 aliphatic heterocycles. The average Bonchev–Trinajstić information content (AvgIpc) is 3.01.